The van der Waals surface area contributed by atoms with Crippen LogP contribution in [0.15, 0.2) is 119 Å². The highest BCUT2D eigenvalue weighted by Gasteiger charge is 2.21. The number of pyridine rings is 2. The van der Waals surface area contributed by atoms with Crippen molar-refractivity contribution in [3.8, 4) is 12.1 Å². The fourth-order valence-electron chi connectivity index (χ4n) is 3.72. The summed E-state index contributed by atoms with van der Waals surface area (Å²) in [6.07, 6.45) is 6.69. The first kappa shape index (κ1) is 36.2. The Labute approximate surface area is 279 Å². The smallest absolute Gasteiger partial charge is 0.339 e. The third-order valence-corrected chi connectivity index (χ3v) is 8.53. The molecule has 48 heavy (non-hydrogen) atoms. The first-order chi connectivity index (χ1) is 23.1. The fraction of sp³-hybridized carbons (Fsp3) is 0.118. The Morgan fingerprint density at radius 2 is 1.40 bits per heavy atom. The van der Waals surface area contributed by atoms with Gasteiger partial charge < -0.3 is 13.2 Å². The molecule has 0 aliphatic rings. The second-order valence-electron chi connectivity index (χ2n) is 9.34. The van der Waals surface area contributed by atoms with Gasteiger partial charge in [-0.05, 0) is 54.4 Å². The van der Waals surface area contributed by atoms with Crippen LogP contribution in [0.5, 0.6) is 0 Å². The first-order valence-corrected chi connectivity index (χ1v) is 16.7. The SMILES string of the molecule is [C-]#[N+]/C=C(\OS(=O)(=O)c1ccccc1)c1ccc(/C(=C/C#N)OS(=O)(=O)c2ccccc2)cn1.[C-]#[N+]CCc1ccc(CCC#N)cn1. The Morgan fingerprint density at radius 3 is 1.88 bits per heavy atom. The van der Waals surface area contributed by atoms with E-state index in [0.717, 1.165) is 36.2 Å². The molecule has 240 valence electrons. The van der Waals surface area contributed by atoms with Crippen molar-refractivity contribution in [1.29, 1.82) is 10.5 Å². The molecule has 0 unspecified atom stereocenters. The van der Waals surface area contributed by atoms with E-state index in [-0.39, 0.29) is 32.6 Å². The summed E-state index contributed by atoms with van der Waals surface area (Å²) in [6.45, 7) is 14.2. The topological polar surface area (TPSA) is 169 Å². The van der Waals surface area contributed by atoms with Gasteiger partial charge in [0.1, 0.15) is 9.79 Å². The normalized spacial score (nSPS) is 11.3. The van der Waals surface area contributed by atoms with E-state index in [1.807, 2.05) is 12.1 Å². The van der Waals surface area contributed by atoms with Crippen molar-refractivity contribution in [3.63, 3.8) is 0 Å². The molecule has 0 bridgehead atoms. The third kappa shape index (κ3) is 10.9. The third-order valence-electron chi connectivity index (χ3n) is 6.03. The summed E-state index contributed by atoms with van der Waals surface area (Å²) >= 11 is 0. The molecule has 12 nitrogen and oxygen atoms in total. The molecule has 0 amide bonds. The molecule has 0 fully saturated rings. The Balaban J connectivity index is 0.000000373. The maximum absolute atomic E-state index is 12.5. The lowest BCUT2D eigenvalue weighted by molar-refractivity contribution is 0.459. The number of nitriles is 2. The fourth-order valence-corrected chi connectivity index (χ4v) is 5.64. The molecule has 0 N–H and O–H groups in total. The number of allylic oxidation sites excluding steroid dienone is 1. The lowest BCUT2D eigenvalue weighted by atomic mass is 10.1. The molecule has 0 aliphatic carbocycles. The van der Waals surface area contributed by atoms with Gasteiger partial charge in [0.05, 0.1) is 36.9 Å². The summed E-state index contributed by atoms with van der Waals surface area (Å²) in [4.78, 5) is 14.4. The maximum Gasteiger partial charge on any atom is 0.339 e. The molecule has 0 radical (unpaired) electrons. The van der Waals surface area contributed by atoms with E-state index in [4.69, 9.17) is 32.0 Å². The Kier molecular flexibility index (Phi) is 13.5. The molecule has 4 aromatic rings. The molecule has 2 aromatic carbocycles. The minimum absolute atomic E-state index is 0.0125. The summed E-state index contributed by atoms with van der Waals surface area (Å²) in [5.41, 5.74) is 2.14. The zero-order valence-electron chi connectivity index (χ0n) is 25.2. The number of aromatic nitrogens is 2. The largest absolute Gasteiger partial charge is 0.389 e. The minimum Gasteiger partial charge on any atom is -0.389 e. The van der Waals surface area contributed by atoms with E-state index in [1.54, 1.807) is 24.4 Å². The zero-order valence-corrected chi connectivity index (χ0v) is 26.8. The van der Waals surface area contributed by atoms with Crippen LogP contribution >= 0.6 is 0 Å². The van der Waals surface area contributed by atoms with E-state index in [2.05, 4.69) is 25.7 Å². The standard InChI is InChI=1S/C23H15N3O6S2.C11H11N3/c1-25-17-23(32-34(29,30)20-10-6-3-7-11-20)21-13-12-18(16-26-21)22(14-15-24)31-33(27,28)19-8-4-2-5-9-19;1-13-8-6-11-5-4-10(9-14-11)3-2-7-12/h2-14,16-17H;4-5,9H,2-3,6,8H2/b22-14-,23-17-;. The maximum atomic E-state index is 12.5. The Bertz CT molecular complexity index is 1970. The van der Waals surface area contributed by atoms with Crippen LogP contribution in [0.4, 0.5) is 0 Å². The van der Waals surface area contributed by atoms with E-state index in [0.29, 0.717) is 19.4 Å². The van der Waals surface area contributed by atoms with Crippen molar-refractivity contribution in [2.24, 2.45) is 0 Å². The predicted molar refractivity (Wildman–Crippen MR) is 175 cm³/mol. The predicted octanol–water partition coefficient (Wildman–Crippen LogP) is 5.97. The second-order valence-corrected chi connectivity index (χ2v) is 12.4. The van der Waals surface area contributed by atoms with Crippen LogP contribution in [0.3, 0.4) is 0 Å². The summed E-state index contributed by atoms with van der Waals surface area (Å²) in [6, 6.07) is 25.1. The van der Waals surface area contributed by atoms with Crippen molar-refractivity contribution in [2.45, 2.75) is 29.1 Å². The first-order valence-electron chi connectivity index (χ1n) is 13.9. The Hall–Kier alpha value is -6.32. The highest BCUT2D eigenvalue weighted by molar-refractivity contribution is 7.87. The van der Waals surface area contributed by atoms with Crippen molar-refractivity contribution < 1.29 is 25.2 Å². The number of hydrogen-bond acceptors (Lipinski definition) is 10. The van der Waals surface area contributed by atoms with Crippen LogP contribution in [0, 0.1) is 35.8 Å². The van der Waals surface area contributed by atoms with Gasteiger partial charge >= 0.3 is 20.2 Å². The monoisotopic (exact) mass is 678 g/mol. The zero-order chi connectivity index (χ0) is 34.8. The van der Waals surface area contributed by atoms with E-state index in [9.17, 15) is 16.8 Å². The van der Waals surface area contributed by atoms with Gasteiger partial charge in [0, 0.05) is 30.1 Å². The highest BCUT2D eigenvalue weighted by Crippen LogP contribution is 2.26. The lowest BCUT2D eigenvalue weighted by Gasteiger charge is -2.12. The van der Waals surface area contributed by atoms with Crippen molar-refractivity contribution in [3.05, 3.63) is 155 Å². The van der Waals surface area contributed by atoms with Crippen LogP contribution in [0.2, 0.25) is 0 Å². The van der Waals surface area contributed by atoms with Crippen LogP contribution in [0.25, 0.3) is 21.2 Å². The number of aryl methyl sites for hydroxylation is 1. The van der Waals surface area contributed by atoms with Gasteiger partial charge in [0.2, 0.25) is 6.54 Å². The lowest BCUT2D eigenvalue weighted by Crippen LogP contribution is -2.08. The van der Waals surface area contributed by atoms with Crippen LogP contribution < -0.4 is 0 Å². The molecule has 0 spiro atoms. The van der Waals surface area contributed by atoms with Gasteiger partial charge in [-0.2, -0.15) is 27.4 Å². The molecular weight excluding hydrogens is 653 g/mol. The molecule has 2 heterocycles. The average molecular weight is 679 g/mol. The van der Waals surface area contributed by atoms with Gasteiger partial charge in [-0.15, -0.1) is 0 Å². The highest BCUT2D eigenvalue weighted by atomic mass is 32.2. The van der Waals surface area contributed by atoms with Crippen molar-refractivity contribution >= 4 is 31.8 Å². The van der Waals surface area contributed by atoms with Crippen LogP contribution in [0.1, 0.15) is 28.9 Å². The van der Waals surface area contributed by atoms with E-state index >= 15 is 0 Å². The number of rotatable bonds is 12. The molecule has 4 rings (SSSR count). The number of nitrogens with zero attached hydrogens (tertiary/aromatic N) is 6. The van der Waals surface area contributed by atoms with E-state index in [1.165, 1.54) is 60.7 Å². The number of benzene rings is 2. The molecule has 2 aromatic heterocycles. The van der Waals surface area contributed by atoms with Gasteiger partial charge in [-0.25, -0.2) is 11.4 Å². The summed E-state index contributed by atoms with van der Waals surface area (Å²) in [7, 11) is -8.45. The van der Waals surface area contributed by atoms with E-state index < -0.39 is 20.2 Å². The van der Waals surface area contributed by atoms with Crippen LogP contribution in [-0.2, 0) is 41.4 Å². The second kappa shape index (κ2) is 18.0. The molecule has 0 saturated carbocycles. The van der Waals surface area contributed by atoms with Crippen LogP contribution in [-0.4, -0.2) is 33.3 Å². The summed E-state index contributed by atoms with van der Waals surface area (Å²) < 4.78 is 60.3. The average Bonchev–Trinajstić information content (AvgIpc) is 3.11. The van der Waals surface area contributed by atoms with Crippen molar-refractivity contribution in [1.82, 2.24) is 9.97 Å². The molecule has 0 aliphatic heterocycles. The summed E-state index contributed by atoms with van der Waals surface area (Å²) in [5.74, 6) is -0.632. The quantitative estimate of drug-likeness (QED) is 0.0753. The molecule has 0 saturated heterocycles. The van der Waals surface area contributed by atoms with Gasteiger partial charge in [-0.1, -0.05) is 42.5 Å². The number of hydrogen-bond donors (Lipinski definition) is 0. The summed E-state index contributed by atoms with van der Waals surface area (Å²) in [5, 5.41) is 17.5. The minimum atomic E-state index is -4.23. The molecule has 14 heteroatoms. The van der Waals surface area contributed by atoms with Gasteiger partial charge in [0.15, 0.2) is 17.7 Å². The molecule has 0 atom stereocenters. The Morgan fingerprint density at radius 1 is 0.771 bits per heavy atom. The van der Waals surface area contributed by atoms with Crippen molar-refractivity contribution in [2.75, 3.05) is 6.54 Å². The molecular formula is C34H26N6O6S2. The van der Waals surface area contributed by atoms with Gasteiger partial charge in [0.25, 0.3) is 0 Å². The van der Waals surface area contributed by atoms with Gasteiger partial charge in [-0.3, -0.25) is 9.97 Å².